The zero-order chi connectivity index (χ0) is 16.4. The minimum absolute atomic E-state index is 0.214. The van der Waals surface area contributed by atoms with Gasteiger partial charge in [0.1, 0.15) is 22.9 Å². The summed E-state index contributed by atoms with van der Waals surface area (Å²) in [7, 11) is 0. The van der Waals surface area contributed by atoms with Crippen molar-refractivity contribution in [2.75, 3.05) is 17.2 Å². The molecule has 122 valence electrons. The van der Waals surface area contributed by atoms with Crippen molar-refractivity contribution in [2.45, 2.75) is 38.8 Å². The van der Waals surface area contributed by atoms with Crippen LogP contribution in [0.5, 0.6) is 5.75 Å². The Kier molecular flexibility index (Phi) is 4.16. The van der Waals surface area contributed by atoms with E-state index >= 15 is 0 Å². The molecule has 3 rings (SSSR count). The maximum absolute atomic E-state index is 13.5. The minimum atomic E-state index is -0.228. The summed E-state index contributed by atoms with van der Waals surface area (Å²) in [5, 5.41) is 0. The number of hydrogen-bond donors (Lipinski definition) is 1. The van der Waals surface area contributed by atoms with E-state index in [1.807, 2.05) is 24.3 Å². The normalized spacial score (nSPS) is 15.9. The topological polar surface area (TPSA) is 38.5 Å². The highest BCUT2D eigenvalue weighted by atomic mass is 19.1. The molecule has 2 N–H and O–H groups in total. The molecule has 1 aliphatic rings. The summed E-state index contributed by atoms with van der Waals surface area (Å²) >= 11 is 0. The lowest BCUT2D eigenvalue weighted by molar-refractivity contribution is 0.0572. The third kappa shape index (κ3) is 2.98. The number of para-hydroxylation sites is 1. The highest BCUT2D eigenvalue weighted by Crippen LogP contribution is 2.43. The van der Waals surface area contributed by atoms with Gasteiger partial charge in [-0.2, -0.15) is 0 Å². The Balaban J connectivity index is 2.00. The van der Waals surface area contributed by atoms with Crippen molar-refractivity contribution in [1.29, 1.82) is 0 Å². The van der Waals surface area contributed by atoms with E-state index in [9.17, 15) is 4.39 Å². The summed E-state index contributed by atoms with van der Waals surface area (Å²) in [6.45, 7) is 5.64. The Bertz CT molecular complexity index is 698. The molecule has 3 nitrogen and oxygen atoms in total. The lowest BCUT2D eigenvalue weighted by atomic mass is 9.93. The summed E-state index contributed by atoms with van der Waals surface area (Å²) in [5.41, 5.74) is 8.50. The van der Waals surface area contributed by atoms with E-state index in [-0.39, 0.29) is 11.4 Å². The van der Waals surface area contributed by atoms with E-state index in [0.29, 0.717) is 12.2 Å². The summed E-state index contributed by atoms with van der Waals surface area (Å²) in [6.07, 6.45) is 1.83. The van der Waals surface area contributed by atoms with Crippen molar-refractivity contribution in [3.63, 3.8) is 0 Å². The lowest BCUT2D eigenvalue weighted by Crippen LogP contribution is -2.50. The number of ether oxygens (including phenoxy) is 1. The standard InChI is InChI=1S/C19H23FN2O/c1-3-19(4-2)13-22(12-14-7-5-8-15(20)11-14)18-16(21)9-6-10-17(18)23-19/h5-11H,3-4,12-13,21H2,1-2H3. The SMILES string of the molecule is CCC1(CC)CN(Cc2cccc(F)c2)c2c(N)cccc2O1. The van der Waals surface area contributed by atoms with Gasteiger partial charge in [-0.05, 0) is 42.7 Å². The molecule has 0 aliphatic carbocycles. The van der Waals surface area contributed by atoms with E-state index < -0.39 is 0 Å². The van der Waals surface area contributed by atoms with Gasteiger partial charge >= 0.3 is 0 Å². The molecular formula is C19H23FN2O. The van der Waals surface area contributed by atoms with Gasteiger partial charge in [0.2, 0.25) is 0 Å². The highest BCUT2D eigenvalue weighted by Gasteiger charge is 2.37. The van der Waals surface area contributed by atoms with Crippen LogP contribution in [-0.2, 0) is 6.54 Å². The first kappa shape index (κ1) is 15.7. The molecule has 0 saturated carbocycles. The molecular weight excluding hydrogens is 291 g/mol. The van der Waals surface area contributed by atoms with Gasteiger partial charge in [0.25, 0.3) is 0 Å². The third-order valence-corrected chi connectivity index (χ3v) is 4.70. The molecule has 0 saturated heterocycles. The fourth-order valence-corrected chi connectivity index (χ4v) is 3.26. The van der Waals surface area contributed by atoms with Crippen LogP contribution in [0, 0.1) is 5.82 Å². The predicted molar refractivity (Wildman–Crippen MR) is 92.2 cm³/mol. The third-order valence-electron chi connectivity index (χ3n) is 4.70. The molecule has 0 radical (unpaired) electrons. The maximum atomic E-state index is 13.5. The van der Waals surface area contributed by atoms with Gasteiger partial charge in [0, 0.05) is 6.54 Å². The van der Waals surface area contributed by atoms with Crippen LogP contribution in [-0.4, -0.2) is 12.1 Å². The molecule has 0 aromatic heterocycles. The molecule has 23 heavy (non-hydrogen) atoms. The Morgan fingerprint density at radius 1 is 1.17 bits per heavy atom. The number of anilines is 2. The number of nitrogen functional groups attached to an aromatic ring is 1. The fourth-order valence-electron chi connectivity index (χ4n) is 3.26. The molecule has 2 aromatic rings. The predicted octanol–water partition coefficient (Wildman–Crippen LogP) is 4.37. The second-order valence-electron chi connectivity index (χ2n) is 6.17. The molecule has 0 atom stereocenters. The first-order valence-corrected chi connectivity index (χ1v) is 8.14. The molecule has 0 bridgehead atoms. The van der Waals surface area contributed by atoms with Crippen molar-refractivity contribution in [3.8, 4) is 5.75 Å². The van der Waals surface area contributed by atoms with Gasteiger partial charge in [-0.15, -0.1) is 0 Å². The Morgan fingerprint density at radius 3 is 2.61 bits per heavy atom. The molecule has 1 aliphatic heterocycles. The lowest BCUT2D eigenvalue weighted by Gasteiger charge is -2.44. The summed E-state index contributed by atoms with van der Waals surface area (Å²) in [4.78, 5) is 2.22. The van der Waals surface area contributed by atoms with Gasteiger partial charge in [-0.25, -0.2) is 4.39 Å². The first-order chi connectivity index (χ1) is 11.1. The number of hydrogen-bond acceptors (Lipinski definition) is 3. The van der Waals surface area contributed by atoms with Crippen molar-refractivity contribution in [2.24, 2.45) is 0 Å². The second-order valence-corrected chi connectivity index (χ2v) is 6.17. The van der Waals surface area contributed by atoms with Crippen LogP contribution < -0.4 is 15.4 Å². The Morgan fingerprint density at radius 2 is 1.91 bits per heavy atom. The summed E-state index contributed by atoms with van der Waals surface area (Å²) in [6, 6.07) is 12.5. The number of nitrogens with zero attached hydrogens (tertiary/aromatic N) is 1. The average Bonchev–Trinajstić information content (AvgIpc) is 2.54. The summed E-state index contributed by atoms with van der Waals surface area (Å²) in [5.74, 6) is 0.602. The fraction of sp³-hybridized carbons (Fsp3) is 0.368. The molecule has 0 amide bonds. The molecule has 4 heteroatoms. The Labute approximate surface area is 136 Å². The number of halogens is 1. The number of rotatable bonds is 4. The zero-order valence-electron chi connectivity index (χ0n) is 13.7. The van der Waals surface area contributed by atoms with Gasteiger partial charge in [0.15, 0.2) is 0 Å². The number of nitrogens with two attached hydrogens (primary N) is 1. The van der Waals surface area contributed by atoms with E-state index in [0.717, 1.165) is 36.4 Å². The number of benzene rings is 2. The van der Waals surface area contributed by atoms with Crippen molar-refractivity contribution in [3.05, 3.63) is 53.8 Å². The van der Waals surface area contributed by atoms with Gasteiger partial charge < -0.3 is 15.4 Å². The van der Waals surface area contributed by atoms with Crippen LogP contribution in [0.3, 0.4) is 0 Å². The van der Waals surface area contributed by atoms with E-state index in [1.165, 1.54) is 6.07 Å². The van der Waals surface area contributed by atoms with Crippen LogP contribution in [0.4, 0.5) is 15.8 Å². The van der Waals surface area contributed by atoms with Crippen molar-refractivity contribution < 1.29 is 9.13 Å². The Hall–Kier alpha value is -2.23. The largest absolute Gasteiger partial charge is 0.483 e. The molecule has 1 heterocycles. The van der Waals surface area contributed by atoms with Crippen molar-refractivity contribution >= 4 is 11.4 Å². The van der Waals surface area contributed by atoms with Crippen LogP contribution in [0.2, 0.25) is 0 Å². The maximum Gasteiger partial charge on any atom is 0.145 e. The molecule has 2 aromatic carbocycles. The highest BCUT2D eigenvalue weighted by molar-refractivity contribution is 5.76. The molecule has 0 spiro atoms. The van der Waals surface area contributed by atoms with Crippen molar-refractivity contribution in [1.82, 2.24) is 0 Å². The quantitative estimate of drug-likeness (QED) is 0.852. The first-order valence-electron chi connectivity index (χ1n) is 8.14. The van der Waals surface area contributed by atoms with Gasteiger partial charge in [-0.3, -0.25) is 0 Å². The summed E-state index contributed by atoms with van der Waals surface area (Å²) < 4.78 is 19.8. The smallest absolute Gasteiger partial charge is 0.145 e. The minimum Gasteiger partial charge on any atom is -0.483 e. The number of fused-ring (bicyclic) bond motifs is 1. The van der Waals surface area contributed by atoms with Gasteiger partial charge in [-0.1, -0.05) is 32.0 Å². The van der Waals surface area contributed by atoms with Crippen LogP contribution in [0.15, 0.2) is 42.5 Å². The molecule has 0 fully saturated rings. The van der Waals surface area contributed by atoms with E-state index in [2.05, 4.69) is 18.7 Å². The molecule has 0 unspecified atom stereocenters. The van der Waals surface area contributed by atoms with Crippen LogP contribution >= 0.6 is 0 Å². The van der Waals surface area contributed by atoms with Crippen LogP contribution in [0.25, 0.3) is 0 Å². The zero-order valence-corrected chi connectivity index (χ0v) is 13.7. The monoisotopic (exact) mass is 314 g/mol. The van der Waals surface area contributed by atoms with Crippen LogP contribution in [0.1, 0.15) is 32.3 Å². The van der Waals surface area contributed by atoms with E-state index in [4.69, 9.17) is 10.5 Å². The van der Waals surface area contributed by atoms with Gasteiger partial charge in [0.05, 0.1) is 12.2 Å². The second kappa shape index (κ2) is 6.11. The average molecular weight is 314 g/mol. The van der Waals surface area contributed by atoms with E-state index in [1.54, 1.807) is 12.1 Å².